The van der Waals surface area contributed by atoms with Crippen molar-refractivity contribution in [1.82, 2.24) is 10.6 Å². The minimum Gasteiger partial charge on any atom is -0.352 e. The van der Waals surface area contributed by atoms with Gasteiger partial charge in [0.2, 0.25) is 5.91 Å². The normalized spacial score (nSPS) is 24.1. The summed E-state index contributed by atoms with van der Waals surface area (Å²) in [5.41, 5.74) is 1.33. The van der Waals surface area contributed by atoms with Crippen LogP contribution in [-0.4, -0.2) is 25.0 Å². The number of carbonyl (C=O) groups excluding carboxylic acids is 1. The molecule has 0 spiro atoms. The molecule has 2 N–H and O–H groups in total. The van der Waals surface area contributed by atoms with Gasteiger partial charge in [0, 0.05) is 12.6 Å². The first-order valence-electron chi connectivity index (χ1n) is 8.38. The molecule has 2 aliphatic rings. The lowest BCUT2D eigenvalue weighted by atomic mass is 9.91. The molecule has 0 radical (unpaired) electrons. The van der Waals surface area contributed by atoms with Crippen molar-refractivity contribution in [2.24, 2.45) is 11.8 Å². The zero-order valence-corrected chi connectivity index (χ0v) is 12.7. The lowest BCUT2D eigenvalue weighted by Gasteiger charge is -2.26. The molecule has 0 bridgehead atoms. The number of rotatable bonds is 5. The van der Waals surface area contributed by atoms with Crippen LogP contribution < -0.4 is 10.6 Å². The van der Waals surface area contributed by atoms with E-state index in [0.29, 0.717) is 12.0 Å². The third-order valence-corrected chi connectivity index (χ3v) is 5.03. The molecule has 1 aliphatic carbocycles. The monoisotopic (exact) mass is 286 g/mol. The topological polar surface area (TPSA) is 41.1 Å². The van der Waals surface area contributed by atoms with E-state index >= 15 is 0 Å². The highest BCUT2D eigenvalue weighted by atomic mass is 16.2. The second kappa shape index (κ2) is 7.08. The first kappa shape index (κ1) is 14.6. The zero-order chi connectivity index (χ0) is 14.5. The number of carbonyl (C=O) groups is 1. The maximum atomic E-state index is 12.5. The van der Waals surface area contributed by atoms with Crippen LogP contribution in [0.2, 0.25) is 0 Å². The van der Waals surface area contributed by atoms with Crippen molar-refractivity contribution in [3.05, 3.63) is 35.9 Å². The molecule has 1 saturated heterocycles. The van der Waals surface area contributed by atoms with Crippen LogP contribution >= 0.6 is 0 Å². The van der Waals surface area contributed by atoms with E-state index in [0.717, 1.165) is 25.9 Å². The molecular weight excluding hydrogens is 260 g/mol. The predicted molar refractivity (Wildman–Crippen MR) is 85.0 cm³/mol. The summed E-state index contributed by atoms with van der Waals surface area (Å²) in [6, 6.07) is 10.9. The van der Waals surface area contributed by atoms with Gasteiger partial charge in [0.05, 0.1) is 5.92 Å². The Kier molecular flexibility index (Phi) is 4.91. The van der Waals surface area contributed by atoms with Gasteiger partial charge in [-0.05, 0) is 43.7 Å². The Bertz CT molecular complexity index is 448. The van der Waals surface area contributed by atoms with Gasteiger partial charge in [-0.2, -0.15) is 0 Å². The fourth-order valence-corrected chi connectivity index (χ4v) is 3.74. The molecule has 1 aliphatic heterocycles. The minimum absolute atomic E-state index is 0.171. The third kappa shape index (κ3) is 3.85. The molecule has 1 aromatic carbocycles. The van der Waals surface area contributed by atoms with Crippen molar-refractivity contribution in [2.45, 2.75) is 44.6 Å². The summed E-state index contributed by atoms with van der Waals surface area (Å²) in [5.74, 6) is 1.08. The molecule has 1 amide bonds. The lowest BCUT2D eigenvalue weighted by molar-refractivity contribution is -0.125. The van der Waals surface area contributed by atoms with E-state index in [9.17, 15) is 4.79 Å². The summed E-state index contributed by atoms with van der Waals surface area (Å²) >= 11 is 0. The minimum atomic E-state index is 0.171. The lowest BCUT2D eigenvalue weighted by Crippen LogP contribution is -2.44. The second-order valence-electron chi connectivity index (χ2n) is 6.54. The molecule has 3 rings (SSSR count). The summed E-state index contributed by atoms with van der Waals surface area (Å²) in [6.45, 7) is 1.82. The largest absolute Gasteiger partial charge is 0.352 e. The molecule has 1 aromatic rings. The van der Waals surface area contributed by atoms with Gasteiger partial charge >= 0.3 is 0 Å². The Morgan fingerprint density at radius 1 is 1.19 bits per heavy atom. The summed E-state index contributed by atoms with van der Waals surface area (Å²) in [7, 11) is 0. The highest BCUT2D eigenvalue weighted by molar-refractivity contribution is 5.79. The molecule has 114 valence electrons. The Labute approximate surface area is 127 Å². The van der Waals surface area contributed by atoms with E-state index in [2.05, 4.69) is 41.0 Å². The average molecular weight is 286 g/mol. The number of nitrogens with one attached hydrogen (secondary N) is 2. The molecule has 3 nitrogen and oxygen atoms in total. The maximum Gasteiger partial charge on any atom is 0.224 e. The zero-order valence-electron chi connectivity index (χ0n) is 12.7. The van der Waals surface area contributed by atoms with Crippen LogP contribution in [0.4, 0.5) is 0 Å². The summed E-state index contributed by atoms with van der Waals surface area (Å²) in [4.78, 5) is 12.5. The number of benzene rings is 1. The van der Waals surface area contributed by atoms with Crippen molar-refractivity contribution in [3.63, 3.8) is 0 Å². The number of amides is 1. The first-order chi connectivity index (χ1) is 10.3. The summed E-state index contributed by atoms with van der Waals surface area (Å²) in [6.07, 6.45) is 7.11. The van der Waals surface area contributed by atoms with Gasteiger partial charge in [-0.1, -0.05) is 43.2 Å². The summed E-state index contributed by atoms with van der Waals surface area (Å²) in [5, 5.41) is 6.66. The molecule has 0 aromatic heterocycles. The van der Waals surface area contributed by atoms with E-state index in [4.69, 9.17) is 0 Å². The van der Waals surface area contributed by atoms with Crippen LogP contribution in [0, 0.1) is 11.8 Å². The van der Waals surface area contributed by atoms with Gasteiger partial charge < -0.3 is 10.6 Å². The highest BCUT2D eigenvalue weighted by Crippen LogP contribution is 2.29. The van der Waals surface area contributed by atoms with Crippen molar-refractivity contribution in [1.29, 1.82) is 0 Å². The first-order valence-corrected chi connectivity index (χ1v) is 8.38. The Morgan fingerprint density at radius 3 is 2.62 bits per heavy atom. The van der Waals surface area contributed by atoms with Crippen molar-refractivity contribution in [2.75, 3.05) is 13.1 Å². The van der Waals surface area contributed by atoms with E-state index in [-0.39, 0.29) is 11.8 Å². The predicted octanol–water partition coefficient (Wildman–Crippen LogP) is 2.51. The Morgan fingerprint density at radius 2 is 1.95 bits per heavy atom. The number of hydrogen-bond acceptors (Lipinski definition) is 2. The Balaban J connectivity index is 1.65. The smallest absolute Gasteiger partial charge is 0.224 e. The van der Waals surface area contributed by atoms with Crippen molar-refractivity contribution < 1.29 is 4.79 Å². The highest BCUT2D eigenvalue weighted by Gasteiger charge is 2.29. The standard InChI is InChI=1S/C18H26N2O/c21-18(16-10-11-19-13-16)20-17(15-8-4-5-9-15)12-14-6-2-1-3-7-14/h1-3,6-7,15-17,19H,4-5,8-13H2,(H,20,21)/t16-,17-/m1/s1. The molecular formula is C18H26N2O. The van der Waals surface area contributed by atoms with Gasteiger partial charge in [0.1, 0.15) is 0 Å². The van der Waals surface area contributed by atoms with Crippen LogP contribution in [-0.2, 0) is 11.2 Å². The van der Waals surface area contributed by atoms with Crippen molar-refractivity contribution in [3.8, 4) is 0 Å². The summed E-state index contributed by atoms with van der Waals surface area (Å²) < 4.78 is 0. The third-order valence-electron chi connectivity index (χ3n) is 5.03. The van der Waals surface area contributed by atoms with Crippen LogP contribution in [0.15, 0.2) is 30.3 Å². The van der Waals surface area contributed by atoms with Crippen LogP contribution in [0.5, 0.6) is 0 Å². The van der Waals surface area contributed by atoms with E-state index < -0.39 is 0 Å². The van der Waals surface area contributed by atoms with Crippen molar-refractivity contribution >= 4 is 5.91 Å². The van der Waals surface area contributed by atoms with Gasteiger partial charge in [-0.15, -0.1) is 0 Å². The quantitative estimate of drug-likeness (QED) is 0.873. The van der Waals surface area contributed by atoms with Crippen LogP contribution in [0.25, 0.3) is 0 Å². The molecule has 21 heavy (non-hydrogen) atoms. The van der Waals surface area contributed by atoms with Gasteiger partial charge in [-0.25, -0.2) is 0 Å². The van der Waals surface area contributed by atoms with E-state index in [1.54, 1.807) is 0 Å². The van der Waals surface area contributed by atoms with Crippen LogP contribution in [0.1, 0.15) is 37.7 Å². The molecule has 2 atom stereocenters. The average Bonchev–Trinajstić information content (AvgIpc) is 3.21. The van der Waals surface area contributed by atoms with E-state index in [1.165, 1.54) is 31.2 Å². The van der Waals surface area contributed by atoms with Gasteiger partial charge in [-0.3, -0.25) is 4.79 Å². The second-order valence-corrected chi connectivity index (χ2v) is 6.54. The molecule has 0 unspecified atom stereocenters. The van der Waals surface area contributed by atoms with E-state index in [1.807, 2.05) is 0 Å². The SMILES string of the molecule is O=C(N[C@H](Cc1ccccc1)C1CCCC1)[C@@H]1CCNC1. The fraction of sp³-hybridized carbons (Fsp3) is 0.611. The van der Waals surface area contributed by atoms with Gasteiger partial charge in [0.15, 0.2) is 0 Å². The fourth-order valence-electron chi connectivity index (χ4n) is 3.74. The molecule has 2 fully saturated rings. The molecule has 1 saturated carbocycles. The number of hydrogen-bond donors (Lipinski definition) is 2. The Hall–Kier alpha value is -1.35. The molecule has 1 heterocycles. The molecule has 3 heteroatoms. The van der Waals surface area contributed by atoms with Crippen LogP contribution in [0.3, 0.4) is 0 Å². The van der Waals surface area contributed by atoms with Gasteiger partial charge in [0.25, 0.3) is 0 Å². The maximum absolute atomic E-state index is 12.5.